The fourth-order valence-electron chi connectivity index (χ4n) is 2.79. The average molecular weight is 491 g/mol. The Morgan fingerprint density at radius 3 is 2.62 bits per heavy atom. The molecule has 1 amide bonds. The number of imidazole rings is 1. The minimum atomic E-state index is -0.267. The zero-order valence-corrected chi connectivity index (χ0v) is 18.2. The average Bonchev–Trinajstić information content (AvgIpc) is 3.08. The number of nitrogens with zero attached hydrogens (tertiary/aromatic N) is 2. The number of hydrogen-bond donors (Lipinski definition) is 3. The molecule has 0 bridgehead atoms. The van der Waals surface area contributed by atoms with Crippen molar-refractivity contribution in [3.8, 4) is 0 Å². The summed E-state index contributed by atoms with van der Waals surface area (Å²) < 4.78 is 0.851. The summed E-state index contributed by atoms with van der Waals surface area (Å²) in [7, 11) is 0. The van der Waals surface area contributed by atoms with Crippen molar-refractivity contribution in [1.82, 2.24) is 15.0 Å². The first kappa shape index (κ1) is 19.7. The topological polar surface area (TPSA) is 82.7 Å². The fraction of sp³-hybridized carbons (Fsp3) is 0.0500. The molecule has 2 aromatic carbocycles. The lowest BCUT2D eigenvalue weighted by Gasteiger charge is -2.07. The summed E-state index contributed by atoms with van der Waals surface area (Å²) in [6, 6.07) is 12.3. The number of nitrogens with one attached hydrogen (secondary N) is 3. The summed E-state index contributed by atoms with van der Waals surface area (Å²) in [5.74, 6) is 0.713. The standard InChI is InChI=1S/C20H14BrCl2N5O/c1-10-7-12(21)9-24-18(10)28-19(29)11-5-6-15-16(8-11)26-20(25-15)27-17-13(22)3-2-4-14(17)23/h2-9H,1H3,(H,24,28,29)(H2,25,26,27). The van der Waals surface area contributed by atoms with Gasteiger partial charge in [0.1, 0.15) is 5.82 Å². The highest BCUT2D eigenvalue weighted by molar-refractivity contribution is 9.10. The zero-order valence-electron chi connectivity index (χ0n) is 15.1. The number of para-hydroxylation sites is 1. The second kappa shape index (κ2) is 8.02. The van der Waals surface area contributed by atoms with E-state index in [4.69, 9.17) is 23.2 Å². The first-order chi connectivity index (χ1) is 13.9. The van der Waals surface area contributed by atoms with Crippen molar-refractivity contribution in [2.75, 3.05) is 10.6 Å². The van der Waals surface area contributed by atoms with Crippen molar-refractivity contribution in [1.29, 1.82) is 0 Å². The van der Waals surface area contributed by atoms with Crippen molar-refractivity contribution in [3.05, 3.63) is 74.3 Å². The number of fused-ring (bicyclic) bond motifs is 1. The molecule has 0 atom stereocenters. The Morgan fingerprint density at radius 1 is 1.14 bits per heavy atom. The second-order valence-electron chi connectivity index (χ2n) is 6.31. The van der Waals surface area contributed by atoms with E-state index in [0.29, 0.717) is 38.6 Å². The molecule has 4 rings (SSSR count). The predicted octanol–water partition coefficient (Wildman–Crippen LogP) is 6.33. The van der Waals surface area contributed by atoms with Crippen LogP contribution >= 0.6 is 39.1 Å². The third-order valence-corrected chi connectivity index (χ3v) is 5.29. The molecule has 9 heteroatoms. The van der Waals surface area contributed by atoms with Gasteiger partial charge in [0.25, 0.3) is 5.91 Å². The van der Waals surface area contributed by atoms with Gasteiger partial charge in [0.05, 0.1) is 26.8 Å². The predicted molar refractivity (Wildman–Crippen MR) is 120 cm³/mol. The van der Waals surface area contributed by atoms with Gasteiger partial charge in [0, 0.05) is 16.2 Å². The number of H-pyrrole nitrogens is 1. The number of aryl methyl sites for hydroxylation is 1. The summed E-state index contributed by atoms with van der Waals surface area (Å²) in [6.45, 7) is 1.88. The van der Waals surface area contributed by atoms with Gasteiger partial charge >= 0.3 is 0 Å². The molecule has 0 saturated heterocycles. The Morgan fingerprint density at radius 2 is 1.90 bits per heavy atom. The quantitative estimate of drug-likeness (QED) is 0.312. The number of halogens is 3. The second-order valence-corrected chi connectivity index (χ2v) is 8.04. The van der Waals surface area contributed by atoms with Crippen LogP contribution in [0.3, 0.4) is 0 Å². The van der Waals surface area contributed by atoms with Gasteiger partial charge in [-0.3, -0.25) is 4.79 Å². The van der Waals surface area contributed by atoms with Crippen LogP contribution in [0.15, 0.2) is 53.1 Å². The van der Waals surface area contributed by atoms with Crippen LogP contribution in [0.5, 0.6) is 0 Å². The lowest BCUT2D eigenvalue weighted by molar-refractivity contribution is 0.102. The van der Waals surface area contributed by atoms with Crippen LogP contribution in [-0.4, -0.2) is 20.9 Å². The highest BCUT2D eigenvalue weighted by Gasteiger charge is 2.13. The maximum absolute atomic E-state index is 12.6. The molecule has 0 aliphatic carbocycles. The van der Waals surface area contributed by atoms with E-state index in [2.05, 4.69) is 41.5 Å². The number of amides is 1. The lowest BCUT2D eigenvalue weighted by atomic mass is 10.2. The van der Waals surface area contributed by atoms with Crippen LogP contribution in [0.4, 0.5) is 17.5 Å². The van der Waals surface area contributed by atoms with E-state index < -0.39 is 0 Å². The molecule has 6 nitrogen and oxygen atoms in total. The highest BCUT2D eigenvalue weighted by atomic mass is 79.9. The summed E-state index contributed by atoms with van der Waals surface area (Å²) in [6.07, 6.45) is 1.64. The van der Waals surface area contributed by atoms with Crippen molar-refractivity contribution >= 4 is 73.5 Å². The summed E-state index contributed by atoms with van der Waals surface area (Å²) in [4.78, 5) is 24.5. The third kappa shape index (κ3) is 4.22. The molecule has 0 unspecified atom stereocenters. The molecule has 2 aromatic heterocycles. The molecule has 2 heterocycles. The van der Waals surface area contributed by atoms with Crippen LogP contribution in [-0.2, 0) is 0 Å². The van der Waals surface area contributed by atoms with E-state index in [0.717, 1.165) is 15.6 Å². The molecule has 4 aromatic rings. The fourth-order valence-corrected chi connectivity index (χ4v) is 3.73. The van der Waals surface area contributed by atoms with Gasteiger partial charge in [-0.05, 0) is 64.8 Å². The minimum absolute atomic E-state index is 0.267. The van der Waals surface area contributed by atoms with Crippen molar-refractivity contribution < 1.29 is 4.79 Å². The number of anilines is 3. The third-order valence-electron chi connectivity index (χ3n) is 4.23. The Hall–Kier alpha value is -2.61. The number of rotatable bonds is 4. The molecule has 3 N–H and O–H groups in total. The van der Waals surface area contributed by atoms with Crippen molar-refractivity contribution in [2.45, 2.75) is 6.92 Å². The number of benzene rings is 2. The maximum Gasteiger partial charge on any atom is 0.256 e. The van der Waals surface area contributed by atoms with Crippen LogP contribution in [0.25, 0.3) is 11.0 Å². The van der Waals surface area contributed by atoms with E-state index >= 15 is 0 Å². The van der Waals surface area contributed by atoms with E-state index in [1.165, 1.54) is 0 Å². The maximum atomic E-state index is 12.6. The van der Waals surface area contributed by atoms with E-state index in [-0.39, 0.29) is 5.91 Å². The van der Waals surface area contributed by atoms with E-state index in [1.807, 2.05) is 13.0 Å². The first-order valence-corrected chi connectivity index (χ1v) is 10.1. The van der Waals surface area contributed by atoms with E-state index in [1.54, 1.807) is 42.6 Å². The normalized spacial score (nSPS) is 10.9. The van der Waals surface area contributed by atoms with Gasteiger partial charge in [0.2, 0.25) is 5.95 Å². The summed E-state index contributed by atoms with van der Waals surface area (Å²) in [5, 5.41) is 6.87. The largest absolute Gasteiger partial charge is 0.324 e. The molecule has 0 aliphatic heterocycles. The molecule has 146 valence electrons. The highest BCUT2D eigenvalue weighted by Crippen LogP contribution is 2.32. The van der Waals surface area contributed by atoms with Crippen LogP contribution < -0.4 is 10.6 Å². The Balaban J connectivity index is 1.59. The number of aromatic nitrogens is 3. The molecule has 0 aliphatic rings. The SMILES string of the molecule is Cc1cc(Br)cnc1NC(=O)c1ccc2[nH]c(Nc3c(Cl)cccc3Cl)nc2c1. The number of hydrogen-bond acceptors (Lipinski definition) is 4. The number of carbonyl (C=O) groups is 1. The number of pyridine rings is 1. The van der Waals surface area contributed by atoms with Gasteiger partial charge in [-0.2, -0.15) is 0 Å². The molecular formula is C20H14BrCl2N5O. The number of aromatic amines is 1. The molecule has 0 spiro atoms. The Labute approximate surface area is 184 Å². The first-order valence-electron chi connectivity index (χ1n) is 8.55. The summed E-state index contributed by atoms with van der Waals surface area (Å²) in [5.41, 5.74) is 3.28. The molecular weight excluding hydrogens is 477 g/mol. The van der Waals surface area contributed by atoms with E-state index in [9.17, 15) is 4.79 Å². The van der Waals surface area contributed by atoms with Gasteiger partial charge in [-0.15, -0.1) is 0 Å². The minimum Gasteiger partial charge on any atom is -0.324 e. The van der Waals surface area contributed by atoms with Crippen molar-refractivity contribution in [3.63, 3.8) is 0 Å². The van der Waals surface area contributed by atoms with Gasteiger partial charge in [-0.25, -0.2) is 9.97 Å². The summed E-state index contributed by atoms with van der Waals surface area (Å²) >= 11 is 15.7. The lowest BCUT2D eigenvalue weighted by Crippen LogP contribution is -2.13. The Kier molecular flexibility index (Phi) is 5.45. The molecule has 0 saturated carbocycles. The van der Waals surface area contributed by atoms with Crippen LogP contribution in [0, 0.1) is 6.92 Å². The Bertz CT molecular complexity index is 1220. The van der Waals surface area contributed by atoms with Gasteiger partial charge in [-0.1, -0.05) is 29.3 Å². The molecule has 0 fully saturated rings. The molecule has 29 heavy (non-hydrogen) atoms. The smallest absolute Gasteiger partial charge is 0.256 e. The van der Waals surface area contributed by atoms with Crippen molar-refractivity contribution in [2.24, 2.45) is 0 Å². The number of carbonyl (C=O) groups excluding carboxylic acids is 1. The van der Waals surface area contributed by atoms with Crippen LogP contribution in [0.1, 0.15) is 15.9 Å². The zero-order chi connectivity index (χ0) is 20.5. The molecule has 0 radical (unpaired) electrons. The van der Waals surface area contributed by atoms with Gasteiger partial charge < -0.3 is 15.6 Å². The monoisotopic (exact) mass is 489 g/mol. The van der Waals surface area contributed by atoms with Gasteiger partial charge in [0.15, 0.2) is 0 Å². The van der Waals surface area contributed by atoms with Crippen LogP contribution in [0.2, 0.25) is 10.0 Å².